The molecule has 0 aliphatic heterocycles. The van der Waals surface area contributed by atoms with Crippen molar-refractivity contribution in [1.82, 2.24) is 0 Å². The number of esters is 1. The molecule has 1 aromatic heterocycles. The largest absolute Gasteiger partial charge is 0.573 e. The zero-order valence-electron chi connectivity index (χ0n) is 22.5. The van der Waals surface area contributed by atoms with Crippen LogP contribution in [0.15, 0.2) is 42.5 Å². The maximum Gasteiger partial charge on any atom is 0.573 e. The molecular weight excluding hydrogens is 558 g/mol. The number of aryl methyl sites for hydroxylation is 1. The Bertz CT molecular complexity index is 1270. The fraction of sp³-hybridized carbons (Fsp3) is 0.483. The zero-order chi connectivity index (χ0) is 29.5. The Hall–Kier alpha value is -2.95. The third-order valence-corrected chi connectivity index (χ3v) is 7.17. The second-order valence-corrected chi connectivity index (χ2v) is 11.0. The van der Waals surface area contributed by atoms with Crippen LogP contribution < -0.4 is 9.47 Å². The highest BCUT2D eigenvalue weighted by Crippen LogP contribution is 2.41. The van der Waals surface area contributed by atoms with Gasteiger partial charge in [-0.05, 0) is 60.2 Å². The molecule has 1 unspecified atom stereocenters. The number of thiophene rings is 1. The molecule has 0 N–H and O–H groups in total. The van der Waals surface area contributed by atoms with Crippen molar-refractivity contribution in [2.45, 2.75) is 65.4 Å². The summed E-state index contributed by atoms with van der Waals surface area (Å²) in [6.45, 7) is 4.45. The van der Waals surface area contributed by atoms with Gasteiger partial charge in [-0.25, -0.2) is 0 Å². The lowest BCUT2D eigenvalue weighted by Gasteiger charge is -2.20. The number of fused-ring (bicyclic) bond motifs is 1. The van der Waals surface area contributed by atoms with Crippen LogP contribution in [-0.4, -0.2) is 31.7 Å². The van der Waals surface area contributed by atoms with E-state index >= 15 is 0 Å². The number of hydrogen-bond donors (Lipinski definition) is 0. The highest BCUT2D eigenvalue weighted by Gasteiger charge is 2.34. The summed E-state index contributed by atoms with van der Waals surface area (Å²) in [7, 11) is 0. The third-order valence-electron chi connectivity index (χ3n) is 6.04. The molecule has 0 spiro atoms. The lowest BCUT2D eigenvalue weighted by Crippen LogP contribution is -2.27. The third kappa shape index (κ3) is 9.91. The average molecular weight is 591 g/mol. The number of alkyl halides is 6. The number of unbranched alkanes of at least 4 members (excludes halogenated alkanes) is 2. The molecule has 0 aliphatic carbocycles. The van der Waals surface area contributed by atoms with Crippen LogP contribution in [0.1, 0.15) is 52.0 Å². The molecule has 3 aromatic rings. The second kappa shape index (κ2) is 13.6. The Labute approximate surface area is 233 Å². The SMILES string of the molecule is CCCCCc1ccc(-c2cc3ccc(OCC(COC(=O)C(C)C)CC(F)(F)F)cc3s2)c(OC(F)(F)F)c1. The monoisotopic (exact) mass is 590 g/mol. The van der Waals surface area contributed by atoms with E-state index in [4.69, 9.17) is 9.47 Å². The summed E-state index contributed by atoms with van der Waals surface area (Å²) in [5, 5.41) is 0.732. The quantitative estimate of drug-likeness (QED) is 0.113. The molecule has 0 amide bonds. The summed E-state index contributed by atoms with van der Waals surface area (Å²) >= 11 is 1.22. The van der Waals surface area contributed by atoms with Gasteiger partial charge in [0.25, 0.3) is 0 Å². The number of benzene rings is 2. The Morgan fingerprint density at radius 2 is 1.70 bits per heavy atom. The first-order valence-electron chi connectivity index (χ1n) is 13.0. The molecule has 0 aliphatic rings. The number of hydrogen-bond acceptors (Lipinski definition) is 5. The second-order valence-electron chi connectivity index (χ2n) is 9.93. The summed E-state index contributed by atoms with van der Waals surface area (Å²) in [5.41, 5.74) is 1.04. The Morgan fingerprint density at radius 3 is 2.35 bits per heavy atom. The van der Waals surface area contributed by atoms with E-state index in [1.807, 2.05) is 6.92 Å². The Morgan fingerprint density at radius 1 is 0.950 bits per heavy atom. The van der Waals surface area contributed by atoms with Gasteiger partial charge in [-0.15, -0.1) is 24.5 Å². The van der Waals surface area contributed by atoms with E-state index in [1.54, 1.807) is 50.2 Å². The first-order chi connectivity index (χ1) is 18.7. The number of ether oxygens (including phenoxy) is 3. The van der Waals surface area contributed by atoms with E-state index in [-0.39, 0.29) is 17.9 Å². The maximum absolute atomic E-state index is 13.2. The summed E-state index contributed by atoms with van der Waals surface area (Å²) in [6, 6.07) is 11.4. The van der Waals surface area contributed by atoms with Crippen molar-refractivity contribution in [2.24, 2.45) is 11.8 Å². The molecule has 1 atom stereocenters. The molecule has 40 heavy (non-hydrogen) atoms. The molecule has 0 fully saturated rings. The van der Waals surface area contributed by atoms with Crippen molar-refractivity contribution < 1.29 is 45.3 Å². The van der Waals surface area contributed by atoms with Gasteiger partial charge in [0.15, 0.2) is 0 Å². The van der Waals surface area contributed by atoms with Crippen molar-refractivity contribution in [2.75, 3.05) is 13.2 Å². The van der Waals surface area contributed by atoms with Gasteiger partial charge in [-0.1, -0.05) is 39.7 Å². The summed E-state index contributed by atoms with van der Waals surface area (Å²) in [6.07, 6.45) is -7.04. The van der Waals surface area contributed by atoms with E-state index in [0.717, 1.165) is 30.2 Å². The van der Waals surface area contributed by atoms with Gasteiger partial charge in [0.1, 0.15) is 11.5 Å². The summed E-state index contributed by atoms with van der Waals surface area (Å²) in [5.74, 6) is -2.16. The van der Waals surface area contributed by atoms with Gasteiger partial charge in [-0.3, -0.25) is 4.79 Å². The lowest BCUT2D eigenvalue weighted by atomic mass is 10.0. The van der Waals surface area contributed by atoms with Gasteiger partial charge in [0.05, 0.1) is 25.6 Å². The van der Waals surface area contributed by atoms with Crippen LogP contribution in [0.2, 0.25) is 0 Å². The van der Waals surface area contributed by atoms with Gasteiger partial charge >= 0.3 is 18.5 Å². The van der Waals surface area contributed by atoms with E-state index in [9.17, 15) is 31.1 Å². The first-order valence-corrected chi connectivity index (χ1v) is 13.8. The lowest BCUT2D eigenvalue weighted by molar-refractivity contribution is -0.274. The smallest absolute Gasteiger partial charge is 0.493 e. The van der Waals surface area contributed by atoms with Crippen LogP contribution in [0.3, 0.4) is 0 Å². The van der Waals surface area contributed by atoms with Crippen molar-refractivity contribution in [1.29, 1.82) is 0 Å². The normalized spacial score (nSPS) is 13.1. The molecule has 0 saturated heterocycles. The van der Waals surface area contributed by atoms with Crippen LogP contribution in [0.4, 0.5) is 26.3 Å². The molecule has 0 bridgehead atoms. The number of carbonyl (C=O) groups excluding carboxylic acids is 1. The first kappa shape index (κ1) is 31.6. The fourth-order valence-electron chi connectivity index (χ4n) is 4.02. The van der Waals surface area contributed by atoms with E-state index in [1.165, 1.54) is 17.4 Å². The molecule has 0 radical (unpaired) electrons. The topological polar surface area (TPSA) is 44.8 Å². The van der Waals surface area contributed by atoms with Crippen molar-refractivity contribution >= 4 is 27.4 Å². The minimum absolute atomic E-state index is 0.282. The fourth-order valence-corrected chi connectivity index (χ4v) is 5.14. The van der Waals surface area contributed by atoms with Gasteiger partial charge in [0.2, 0.25) is 0 Å². The van der Waals surface area contributed by atoms with Crippen LogP contribution in [0.5, 0.6) is 11.5 Å². The summed E-state index contributed by atoms with van der Waals surface area (Å²) in [4.78, 5) is 12.3. The average Bonchev–Trinajstić information content (AvgIpc) is 3.27. The number of rotatable bonds is 13. The molecule has 1 heterocycles. The Kier molecular flexibility index (Phi) is 10.7. The van der Waals surface area contributed by atoms with Gasteiger partial charge in [-0.2, -0.15) is 13.2 Å². The van der Waals surface area contributed by atoms with Gasteiger partial charge < -0.3 is 14.2 Å². The highest BCUT2D eigenvalue weighted by molar-refractivity contribution is 7.22. The minimum atomic E-state index is -4.86. The van der Waals surface area contributed by atoms with Crippen molar-refractivity contribution in [3.63, 3.8) is 0 Å². The molecule has 0 saturated carbocycles. The summed E-state index contributed by atoms with van der Waals surface area (Å²) < 4.78 is 94.4. The number of carbonyl (C=O) groups is 1. The maximum atomic E-state index is 13.2. The predicted molar refractivity (Wildman–Crippen MR) is 143 cm³/mol. The van der Waals surface area contributed by atoms with E-state index in [2.05, 4.69) is 4.74 Å². The van der Waals surface area contributed by atoms with Gasteiger partial charge in [0, 0.05) is 21.1 Å². The van der Waals surface area contributed by atoms with Crippen LogP contribution in [0, 0.1) is 11.8 Å². The van der Waals surface area contributed by atoms with Crippen LogP contribution in [0.25, 0.3) is 20.5 Å². The number of halogens is 6. The Balaban J connectivity index is 1.80. The van der Waals surface area contributed by atoms with E-state index < -0.39 is 43.4 Å². The van der Waals surface area contributed by atoms with Crippen LogP contribution >= 0.6 is 11.3 Å². The molecule has 2 aromatic carbocycles. The molecular formula is C29H32F6O4S. The highest BCUT2D eigenvalue weighted by atomic mass is 32.1. The van der Waals surface area contributed by atoms with Crippen molar-refractivity contribution in [3.8, 4) is 21.9 Å². The molecule has 3 rings (SSSR count). The zero-order valence-corrected chi connectivity index (χ0v) is 23.3. The standard InChI is InChI=1S/C29H32F6O4S/c1-4-5-6-7-19-8-11-23(24(12-19)39-29(33,34)35)26-13-21-9-10-22(14-25(21)40-26)37-16-20(15-28(30,31)32)17-38-27(36)18(2)3/h8-14,18,20H,4-7,15-17H2,1-3H3. The molecule has 220 valence electrons. The minimum Gasteiger partial charge on any atom is -0.493 e. The van der Waals surface area contributed by atoms with E-state index in [0.29, 0.717) is 21.7 Å². The van der Waals surface area contributed by atoms with Crippen LogP contribution in [-0.2, 0) is 16.0 Å². The van der Waals surface area contributed by atoms with Crippen molar-refractivity contribution in [3.05, 3.63) is 48.0 Å². The molecule has 11 heteroatoms. The molecule has 4 nitrogen and oxygen atoms in total. The predicted octanol–water partition coefficient (Wildman–Crippen LogP) is 9.35.